The van der Waals surface area contributed by atoms with E-state index < -0.39 is 0 Å². The van der Waals surface area contributed by atoms with E-state index in [9.17, 15) is 14.7 Å². The number of aromatic hydroxyl groups is 1. The summed E-state index contributed by atoms with van der Waals surface area (Å²) in [5, 5.41) is 12.4. The second-order valence-corrected chi connectivity index (χ2v) is 5.97. The van der Waals surface area contributed by atoms with Crippen LogP contribution < -0.4 is 5.32 Å². The minimum atomic E-state index is -0.362. The topological polar surface area (TPSA) is 105 Å². The second-order valence-electron chi connectivity index (χ2n) is 5.97. The molecule has 2 atom stereocenters. The van der Waals surface area contributed by atoms with Crippen LogP contribution in [0.3, 0.4) is 0 Å². The molecule has 2 amide bonds. The number of imide groups is 1. The number of amides is 2. The highest BCUT2D eigenvalue weighted by Gasteiger charge is 2.43. The van der Waals surface area contributed by atoms with Gasteiger partial charge in [0.2, 0.25) is 5.95 Å². The molecular formula is C17H16N4O4. The number of nitrogens with zero attached hydrogens (tertiary/aromatic N) is 3. The van der Waals surface area contributed by atoms with Gasteiger partial charge in [-0.05, 0) is 18.6 Å². The SMILES string of the molecule is O=C1c2ccccc2C(=O)N1[C@H]1CCOC[C@H]1Nc1ncc(O)cn1. The van der Waals surface area contributed by atoms with Crippen LogP contribution in [-0.4, -0.2) is 57.1 Å². The lowest BCUT2D eigenvalue weighted by atomic mass is 10.0. The molecule has 4 rings (SSSR count). The molecule has 0 unspecified atom stereocenters. The standard InChI is InChI=1S/C17H16N4O4/c22-10-7-18-17(19-8-10)20-13-9-25-6-5-14(13)21-15(23)11-3-1-2-4-12(11)16(21)24/h1-4,7-8,13-14,22H,5-6,9H2,(H,18,19,20)/t13-,14+/m1/s1. The third-order valence-corrected chi connectivity index (χ3v) is 4.43. The molecular weight excluding hydrogens is 324 g/mol. The number of fused-ring (bicyclic) bond motifs is 1. The summed E-state index contributed by atoms with van der Waals surface area (Å²) in [7, 11) is 0. The monoisotopic (exact) mass is 340 g/mol. The number of rotatable bonds is 3. The van der Waals surface area contributed by atoms with Gasteiger partial charge in [-0.25, -0.2) is 9.97 Å². The zero-order chi connectivity index (χ0) is 17.4. The Bertz CT molecular complexity index is 789. The predicted octanol–water partition coefficient (Wildman–Crippen LogP) is 1.05. The van der Waals surface area contributed by atoms with Crippen molar-refractivity contribution in [2.45, 2.75) is 18.5 Å². The first-order chi connectivity index (χ1) is 12.1. The molecule has 1 saturated heterocycles. The maximum absolute atomic E-state index is 12.7. The largest absolute Gasteiger partial charge is 0.505 e. The number of nitrogens with one attached hydrogen (secondary N) is 1. The lowest BCUT2D eigenvalue weighted by molar-refractivity contribution is 0.0233. The van der Waals surface area contributed by atoms with Crippen LogP contribution in [0, 0.1) is 0 Å². The lowest BCUT2D eigenvalue weighted by Gasteiger charge is -2.36. The third-order valence-electron chi connectivity index (χ3n) is 4.43. The van der Waals surface area contributed by atoms with E-state index in [0.717, 1.165) is 0 Å². The summed E-state index contributed by atoms with van der Waals surface area (Å²) in [4.78, 5) is 34.7. The van der Waals surface area contributed by atoms with Crippen LogP contribution in [0.2, 0.25) is 0 Å². The summed E-state index contributed by atoms with van der Waals surface area (Å²) in [6.45, 7) is 0.787. The van der Waals surface area contributed by atoms with E-state index in [1.807, 2.05) is 0 Å². The summed E-state index contributed by atoms with van der Waals surface area (Å²) in [5.41, 5.74) is 0.859. The van der Waals surface area contributed by atoms with E-state index in [0.29, 0.717) is 36.7 Å². The third kappa shape index (κ3) is 2.70. The minimum absolute atomic E-state index is 0.0395. The number of ether oxygens (including phenoxy) is 1. The average Bonchev–Trinajstić information content (AvgIpc) is 2.89. The molecule has 8 heteroatoms. The summed E-state index contributed by atoms with van der Waals surface area (Å²) in [5.74, 6) is -0.311. The molecule has 25 heavy (non-hydrogen) atoms. The molecule has 1 aromatic carbocycles. The molecule has 2 aliphatic heterocycles. The maximum atomic E-state index is 12.7. The Kier molecular flexibility index (Phi) is 3.81. The van der Waals surface area contributed by atoms with Crippen molar-refractivity contribution in [1.29, 1.82) is 0 Å². The number of benzene rings is 1. The molecule has 1 aromatic heterocycles. The van der Waals surface area contributed by atoms with Gasteiger partial charge >= 0.3 is 0 Å². The van der Waals surface area contributed by atoms with Crippen LogP contribution in [0.25, 0.3) is 0 Å². The Hall–Kier alpha value is -3.00. The highest BCUT2D eigenvalue weighted by molar-refractivity contribution is 6.21. The van der Waals surface area contributed by atoms with Gasteiger partial charge in [-0.2, -0.15) is 0 Å². The Morgan fingerprint density at radius 2 is 1.76 bits per heavy atom. The molecule has 2 aliphatic rings. The molecule has 128 valence electrons. The lowest BCUT2D eigenvalue weighted by Crippen LogP contribution is -2.54. The summed E-state index contributed by atoms with van der Waals surface area (Å²) in [6, 6.07) is 6.13. The summed E-state index contributed by atoms with van der Waals surface area (Å²) in [6.07, 6.45) is 3.08. The number of aromatic nitrogens is 2. The zero-order valence-corrected chi connectivity index (χ0v) is 13.3. The van der Waals surface area contributed by atoms with Gasteiger partial charge in [0, 0.05) is 6.61 Å². The van der Waals surface area contributed by atoms with E-state index in [-0.39, 0.29) is 29.6 Å². The Balaban J connectivity index is 1.60. The van der Waals surface area contributed by atoms with Gasteiger partial charge in [0.05, 0.1) is 42.2 Å². The number of carbonyl (C=O) groups is 2. The van der Waals surface area contributed by atoms with Gasteiger partial charge in [-0.15, -0.1) is 0 Å². The fourth-order valence-electron chi connectivity index (χ4n) is 3.24. The molecule has 8 nitrogen and oxygen atoms in total. The highest BCUT2D eigenvalue weighted by atomic mass is 16.5. The van der Waals surface area contributed by atoms with Crippen LogP contribution in [0.4, 0.5) is 5.95 Å². The fourth-order valence-corrected chi connectivity index (χ4v) is 3.24. The van der Waals surface area contributed by atoms with Gasteiger partial charge in [-0.3, -0.25) is 14.5 Å². The van der Waals surface area contributed by atoms with E-state index >= 15 is 0 Å². The predicted molar refractivity (Wildman–Crippen MR) is 87.3 cm³/mol. The fraction of sp³-hybridized carbons (Fsp3) is 0.294. The molecule has 0 saturated carbocycles. The van der Waals surface area contributed by atoms with Gasteiger partial charge < -0.3 is 15.2 Å². The van der Waals surface area contributed by atoms with Crippen molar-refractivity contribution in [1.82, 2.24) is 14.9 Å². The van der Waals surface area contributed by atoms with Crippen LogP contribution in [0.15, 0.2) is 36.7 Å². The second kappa shape index (κ2) is 6.14. The molecule has 0 radical (unpaired) electrons. The van der Waals surface area contributed by atoms with E-state index in [4.69, 9.17) is 4.74 Å². The molecule has 2 aromatic rings. The molecule has 3 heterocycles. The van der Waals surface area contributed by atoms with Gasteiger partial charge in [0.25, 0.3) is 11.8 Å². The Labute approximate surface area is 143 Å². The first-order valence-corrected chi connectivity index (χ1v) is 7.97. The van der Waals surface area contributed by atoms with E-state index in [2.05, 4.69) is 15.3 Å². The summed E-state index contributed by atoms with van der Waals surface area (Å²) < 4.78 is 5.50. The Morgan fingerprint density at radius 3 is 2.40 bits per heavy atom. The quantitative estimate of drug-likeness (QED) is 0.805. The first-order valence-electron chi connectivity index (χ1n) is 7.97. The molecule has 0 spiro atoms. The average molecular weight is 340 g/mol. The van der Waals surface area contributed by atoms with Crippen molar-refractivity contribution in [2.24, 2.45) is 0 Å². The maximum Gasteiger partial charge on any atom is 0.261 e. The van der Waals surface area contributed by atoms with Gasteiger partial charge in [-0.1, -0.05) is 12.1 Å². The Morgan fingerprint density at radius 1 is 1.12 bits per heavy atom. The van der Waals surface area contributed by atoms with Crippen LogP contribution in [0.5, 0.6) is 5.75 Å². The number of carbonyl (C=O) groups excluding carboxylic acids is 2. The molecule has 1 fully saturated rings. The van der Waals surface area contributed by atoms with Crippen molar-refractivity contribution >= 4 is 17.8 Å². The number of anilines is 1. The number of hydrogen-bond donors (Lipinski definition) is 2. The van der Waals surface area contributed by atoms with Gasteiger partial charge in [0.15, 0.2) is 5.75 Å². The minimum Gasteiger partial charge on any atom is -0.505 e. The zero-order valence-electron chi connectivity index (χ0n) is 13.3. The van der Waals surface area contributed by atoms with Crippen LogP contribution in [0.1, 0.15) is 27.1 Å². The molecule has 0 aliphatic carbocycles. The smallest absolute Gasteiger partial charge is 0.261 e. The van der Waals surface area contributed by atoms with Crippen molar-refractivity contribution in [3.05, 3.63) is 47.8 Å². The van der Waals surface area contributed by atoms with Gasteiger partial charge in [0.1, 0.15) is 0 Å². The summed E-state index contributed by atoms with van der Waals surface area (Å²) >= 11 is 0. The first kappa shape index (κ1) is 15.5. The van der Waals surface area contributed by atoms with Crippen LogP contribution in [-0.2, 0) is 4.74 Å². The molecule has 2 N–H and O–H groups in total. The van der Waals surface area contributed by atoms with Crippen molar-refractivity contribution in [3.63, 3.8) is 0 Å². The normalized spacial score (nSPS) is 22.8. The van der Waals surface area contributed by atoms with Crippen molar-refractivity contribution in [2.75, 3.05) is 18.5 Å². The van der Waals surface area contributed by atoms with Crippen LogP contribution >= 0.6 is 0 Å². The van der Waals surface area contributed by atoms with Crippen molar-refractivity contribution in [3.8, 4) is 5.75 Å². The highest BCUT2D eigenvalue weighted by Crippen LogP contribution is 2.29. The molecule has 0 bridgehead atoms. The van der Waals surface area contributed by atoms with E-state index in [1.54, 1.807) is 24.3 Å². The van der Waals surface area contributed by atoms with E-state index in [1.165, 1.54) is 17.3 Å². The van der Waals surface area contributed by atoms with Crippen molar-refractivity contribution < 1.29 is 19.4 Å². The number of hydrogen-bond acceptors (Lipinski definition) is 7.